The Morgan fingerprint density at radius 1 is 1.33 bits per heavy atom. The van der Waals surface area contributed by atoms with Gasteiger partial charge in [0.1, 0.15) is 6.10 Å². The predicted octanol–water partition coefficient (Wildman–Crippen LogP) is 2.93. The third kappa shape index (κ3) is 6.69. The molecular formula is C21H31IN6O2. The number of nitrogens with zero attached hydrogens (tertiary/aromatic N) is 4. The Bertz CT molecular complexity index is 836. The first-order valence-electron chi connectivity index (χ1n) is 10.0. The van der Waals surface area contributed by atoms with Crippen LogP contribution in [0.15, 0.2) is 41.7 Å². The lowest BCUT2D eigenvalue weighted by molar-refractivity contribution is -0.116. The van der Waals surface area contributed by atoms with Gasteiger partial charge < -0.3 is 20.3 Å². The standard InChI is InChI=1S/C21H30N6O2.HI/c1-4-5-20(28)25-18-8-6-16(7-9-18)12-23-21(22-2)27-10-11-29-19(15-27)17-13-24-26(3)14-17;/h6-9,13-14,19H,4-5,10-12,15H2,1-3H3,(H,22,23)(H,25,28);1H. The number of anilines is 1. The highest BCUT2D eigenvalue weighted by Crippen LogP contribution is 2.21. The second-order valence-electron chi connectivity index (χ2n) is 7.15. The molecule has 2 N–H and O–H groups in total. The van der Waals surface area contributed by atoms with Gasteiger partial charge in [-0.2, -0.15) is 5.10 Å². The van der Waals surface area contributed by atoms with Gasteiger partial charge in [-0.05, 0) is 24.1 Å². The lowest BCUT2D eigenvalue weighted by Crippen LogP contribution is -2.47. The van der Waals surface area contributed by atoms with Crippen LogP contribution < -0.4 is 10.6 Å². The fourth-order valence-corrected chi connectivity index (χ4v) is 3.32. The summed E-state index contributed by atoms with van der Waals surface area (Å²) in [5.74, 6) is 0.900. The molecule has 2 aromatic rings. The van der Waals surface area contributed by atoms with E-state index in [0.717, 1.165) is 42.3 Å². The molecule has 9 heteroatoms. The average molecular weight is 526 g/mol. The van der Waals surface area contributed by atoms with Crippen molar-refractivity contribution in [2.75, 3.05) is 32.1 Å². The molecule has 3 rings (SSSR count). The summed E-state index contributed by atoms with van der Waals surface area (Å²) in [5.41, 5.74) is 3.02. The summed E-state index contributed by atoms with van der Waals surface area (Å²) in [5, 5.41) is 10.6. The zero-order valence-corrected chi connectivity index (χ0v) is 20.1. The van der Waals surface area contributed by atoms with E-state index >= 15 is 0 Å². The number of aliphatic imine (C=N–C) groups is 1. The lowest BCUT2D eigenvalue weighted by Gasteiger charge is -2.34. The number of hydrogen-bond acceptors (Lipinski definition) is 4. The third-order valence-electron chi connectivity index (χ3n) is 4.84. The first-order chi connectivity index (χ1) is 14.1. The first kappa shape index (κ1) is 24.1. The fraction of sp³-hybridized carbons (Fsp3) is 0.476. The minimum absolute atomic E-state index is 0. The van der Waals surface area contributed by atoms with E-state index in [1.54, 1.807) is 11.7 Å². The number of halogens is 1. The van der Waals surface area contributed by atoms with Gasteiger partial charge in [0, 0.05) is 51.1 Å². The zero-order chi connectivity index (χ0) is 20.6. The molecule has 1 fully saturated rings. The molecule has 1 atom stereocenters. The molecule has 1 aromatic carbocycles. The zero-order valence-electron chi connectivity index (χ0n) is 17.8. The monoisotopic (exact) mass is 526 g/mol. The molecule has 1 amide bonds. The number of guanidine groups is 1. The van der Waals surface area contributed by atoms with Crippen molar-refractivity contribution in [1.82, 2.24) is 20.0 Å². The van der Waals surface area contributed by atoms with E-state index in [0.29, 0.717) is 19.6 Å². The molecule has 1 aromatic heterocycles. The highest BCUT2D eigenvalue weighted by molar-refractivity contribution is 14.0. The van der Waals surface area contributed by atoms with Gasteiger partial charge in [-0.25, -0.2) is 0 Å². The van der Waals surface area contributed by atoms with Crippen LogP contribution in [-0.4, -0.2) is 53.3 Å². The molecule has 1 saturated heterocycles. The first-order valence-corrected chi connectivity index (χ1v) is 10.0. The molecule has 1 aliphatic rings. The summed E-state index contributed by atoms with van der Waals surface area (Å²) in [6.45, 7) is 4.82. The quantitative estimate of drug-likeness (QED) is 0.344. The number of carbonyl (C=O) groups is 1. The maximum atomic E-state index is 11.7. The van der Waals surface area contributed by atoms with Gasteiger partial charge in [-0.3, -0.25) is 14.5 Å². The SMILES string of the molecule is CCCC(=O)Nc1ccc(CNC(=NC)N2CCOC(c3cnn(C)c3)C2)cc1.I. The minimum Gasteiger partial charge on any atom is -0.370 e. The van der Waals surface area contributed by atoms with Crippen molar-refractivity contribution in [2.45, 2.75) is 32.4 Å². The van der Waals surface area contributed by atoms with Crippen LogP contribution >= 0.6 is 24.0 Å². The van der Waals surface area contributed by atoms with Gasteiger partial charge in [-0.15, -0.1) is 24.0 Å². The summed E-state index contributed by atoms with van der Waals surface area (Å²) < 4.78 is 7.71. The Kier molecular flexibility index (Phi) is 9.57. The average Bonchev–Trinajstić information content (AvgIpc) is 3.16. The number of amides is 1. The topological polar surface area (TPSA) is 83.8 Å². The Morgan fingerprint density at radius 3 is 2.73 bits per heavy atom. The highest BCUT2D eigenvalue weighted by atomic mass is 127. The van der Waals surface area contributed by atoms with Gasteiger partial charge in [0.15, 0.2) is 5.96 Å². The highest BCUT2D eigenvalue weighted by Gasteiger charge is 2.25. The van der Waals surface area contributed by atoms with E-state index in [9.17, 15) is 4.79 Å². The lowest BCUT2D eigenvalue weighted by atomic mass is 10.1. The van der Waals surface area contributed by atoms with E-state index < -0.39 is 0 Å². The van der Waals surface area contributed by atoms with Crippen LogP contribution in [0.5, 0.6) is 0 Å². The molecule has 0 bridgehead atoms. The van der Waals surface area contributed by atoms with Crippen LogP contribution in [0.3, 0.4) is 0 Å². The second kappa shape index (κ2) is 11.9. The van der Waals surface area contributed by atoms with E-state index in [4.69, 9.17) is 4.74 Å². The smallest absolute Gasteiger partial charge is 0.224 e. The molecule has 2 heterocycles. The van der Waals surface area contributed by atoms with Crippen molar-refractivity contribution in [3.05, 3.63) is 47.8 Å². The number of aromatic nitrogens is 2. The van der Waals surface area contributed by atoms with Crippen molar-refractivity contribution < 1.29 is 9.53 Å². The molecular weight excluding hydrogens is 495 g/mol. The number of nitrogens with one attached hydrogen (secondary N) is 2. The van der Waals surface area contributed by atoms with Crippen molar-refractivity contribution in [1.29, 1.82) is 0 Å². The number of hydrogen-bond donors (Lipinski definition) is 2. The Morgan fingerprint density at radius 2 is 2.10 bits per heavy atom. The molecule has 30 heavy (non-hydrogen) atoms. The van der Waals surface area contributed by atoms with Crippen molar-refractivity contribution in [3.63, 3.8) is 0 Å². The van der Waals surface area contributed by atoms with Gasteiger partial charge in [-0.1, -0.05) is 19.1 Å². The Hall–Kier alpha value is -2.14. The largest absolute Gasteiger partial charge is 0.370 e. The van der Waals surface area contributed by atoms with Gasteiger partial charge in [0.2, 0.25) is 5.91 Å². The minimum atomic E-state index is -0.0120. The Labute approximate surface area is 195 Å². The van der Waals surface area contributed by atoms with Crippen molar-refractivity contribution >= 4 is 41.5 Å². The van der Waals surface area contributed by atoms with Crippen LogP contribution in [0.25, 0.3) is 0 Å². The summed E-state index contributed by atoms with van der Waals surface area (Å²) >= 11 is 0. The van der Waals surface area contributed by atoms with Crippen molar-refractivity contribution in [3.8, 4) is 0 Å². The van der Waals surface area contributed by atoms with Crippen LogP contribution in [0, 0.1) is 0 Å². The summed E-state index contributed by atoms with van der Waals surface area (Å²) in [4.78, 5) is 18.3. The van der Waals surface area contributed by atoms with Gasteiger partial charge in [0.05, 0.1) is 19.3 Å². The number of rotatable bonds is 6. The molecule has 0 radical (unpaired) electrons. The second-order valence-corrected chi connectivity index (χ2v) is 7.15. The molecule has 164 valence electrons. The maximum Gasteiger partial charge on any atom is 0.224 e. The van der Waals surface area contributed by atoms with E-state index in [2.05, 4.69) is 25.6 Å². The Balaban J connectivity index is 0.00000320. The molecule has 1 aliphatic heterocycles. The number of ether oxygens (including phenoxy) is 1. The molecule has 1 unspecified atom stereocenters. The van der Waals surface area contributed by atoms with Gasteiger partial charge in [0.25, 0.3) is 0 Å². The van der Waals surface area contributed by atoms with E-state index in [1.807, 2.05) is 50.6 Å². The fourth-order valence-electron chi connectivity index (χ4n) is 3.32. The van der Waals surface area contributed by atoms with Crippen molar-refractivity contribution in [2.24, 2.45) is 12.0 Å². The maximum absolute atomic E-state index is 11.7. The van der Waals surface area contributed by atoms with E-state index in [-0.39, 0.29) is 36.0 Å². The van der Waals surface area contributed by atoms with Crippen LogP contribution in [0.4, 0.5) is 5.69 Å². The van der Waals surface area contributed by atoms with Crippen LogP contribution in [0.1, 0.15) is 37.0 Å². The number of morpholine rings is 1. The number of benzene rings is 1. The summed E-state index contributed by atoms with van der Waals surface area (Å²) in [6, 6.07) is 7.89. The summed E-state index contributed by atoms with van der Waals surface area (Å²) in [7, 11) is 3.70. The number of carbonyl (C=O) groups excluding carboxylic acids is 1. The van der Waals surface area contributed by atoms with Crippen LogP contribution in [0.2, 0.25) is 0 Å². The predicted molar refractivity (Wildman–Crippen MR) is 129 cm³/mol. The number of aryl methyl sites for hydroxylation is 1. The molecule has 0 spiro atoms. The van der Waals surface area contributed by atoms with Crippen LogP contribution in [-0.2, 0) is 23.1 Å². The molecule has 0 saturated carbocycles. The third-order valence-corrected chi connectivity index (χ3v) is 4.84. The van der Waals surface area contributed by atoms with E-state index in [1.165, 1.54) is 0 Å². The summed E-state index contributed by atoms with van der Waals surface area (Å²) in [6.07, 6.45) is 5.22. The molecule has 0 aliphatic carbocycles. The molecule has 8 nitrogen and oxygen atoms in total. The normalized spacial score (nSPS) is 16.7. The van der Waals surface area contributed by atoms with Gasteiger partial charge >= 0.3 is 0 Å².